The maximum atomic E-state index is 13.8. The third-order valence-electron chi connectivity index (χ3n) is 2.57. The molecule has 0 aliphatic heterocycles. The fourth-order valence-electron chi connectivity index (χ4n) is 1.77. The zero-order valence-electron chi connectivity index (χ0n) is 9.52. The molecule has 0 saturated carbocycles. The van der Waals surface area contributed by atoms with Gasteiger partial charge in [0.25, 0.3) is 0 Å². The van der Waals surface area contributed by atoms with Crippen molar-refractivity contribution in [1.82, 2.24) is 0 Å². The van der Waals surface area contributed by atoms with Crippen LogP contribution in [0.25, 0.3) is 11.1 Å². The molecule has 0 fully saturated rings. The Hall–Kier alpha value is -2.27. The molecule has 0 aliphatic carbocycles. The number of rotatable bonds is 2. The fraction of sp³-hybridized carbons (Fsp3) is 0. The first-order valence-electron chi connectivity index (χ1n) is 5.21. The minimum atomic E-state index is -1.35. The number of anilines is 1. The molecule has 0 aromatic heterocycles. The Balaban J connectivity index is 2.74. The van der Waals surface area contributed by atoms with Crippen LogP contribution in [0.4, 0.5) is 10.1 Å². The van der Waals surface area contributed by atoms with Crippen LogP contribution in [0.1, 0.15) is 10.4 Å². The van der Waals surface area contributed by atoms with Crippen molar-refractivity contribution in [2.24, 2.45) is 0 Å². The van der Waals surface area contributed by atoms with E-state index in [0.29, 0.717) is 0 Å². The second-order valence-corrected chi connectivity index (χ2v) is 4.33. The first-order chi connectivity index (χ1) is 8.90. The van der Waals surface area contributed by atoms with Crippen LogP contribution >= 0.6 is 11.6 Å². The summed E-state index contributed by atoms with van der Waals surface area (Å²) in [6.45, 7) is 0. The highest BCUT2D eigenvalue weighted by molar-refractivity contribution is 6.31. The van der Waals surface area contributed by atoms with Gasteiger partial charge in [-0.2, -0.15) is 0 Å². The van der Waals surface area contributed by atoms with E-state index >= 15 is 0 Å². The van der Waals surface area contributed by atoms with Gasteiger partial charge in [-0.15, -0.1) is 0 Å². The SMILES string of the molecule is Nc1cc(Cl)cc(-c2c(F)ccc(C(=O)O)c2O)c1. The number of aromatic hydroxyl groups is 1. The van der Waals surface area contributed by atoms with Crippen molar-refractivity contribution in [3.63, 3.8) is 0 Å². The van der Waals surface area contributed by atoms with Gasteiger partial charge in [0, 0.05) is 10.7 Å². The molecule has 0 atom stereocenters. The van der Waals surface area contributed by atoms with Gasteiger partial charge < -0.3 is 15.9 Å². The monoisotopic (exact) mass is 281 g/mol. The third kappa shape index (κ3) is 2.46. The first-order valence-corrected chi connectivity index (χ1v) is 5.59. The molecule has 0 heterocycles. The summed E-state index contributed by atoms with van der Waals surface area (Å²) in [4.78, 5) is 10.9. The molecule has 4 nitrogen and oxygen atoms in total. The van der Waals surface area contributed by atoms with Gasteiger partial charge in [0.05, 0.1) is 5.56 Å². The summed E-state index contributed by atoms with van der Waals surface area (Å²) in [7, 11) is 0. The summed E-state index contributed by atoms with van der Waals surface area (Å²) in [5, 5.41) is 19.0. The lowest BCUT2D eigenvalue weighted by molar-refractivity contribution is 0.0694. The number of nitrogen functional groups attached to an aromatic ring is 1. The lowest BCUT2D eigenvalue weighted by atomic mass is 10.00. The van der Waals surface area contributed by atoms with Gasteiger partial charge >= 0.3 is 5.97 Å². The van der Waals surface area contributed by atoms with E-state index in [4.69, 9.17) is 22.4 Å². The molecule has 0 unspecified atom stereocenters. The summed E-state index contributed by atoms with van der Waals surface area (Å²) in [6.07, 6.45) is 0. The summed E-state index contributed by atoms with van der Waals surface area (Å²) in [5.41, 5.74) is 5.45. The van der Waals surface area contributed by atoms with E-state index in [0.717, 1.165) is 12.1 Å². The van der Waals surface area contributed by atoms with E-state index < -0.39 is 23.1 Å². The average molecular weight is 282 g/mol. The lowest BCUT2D eigenvalue weighted by Gasteiger charge is -2.10. The largest absolute Gasteiger partial charge is 0.506 e. The van der Waals surface area contributed by atoms with Crippen LogP contribution in [0.15, 0.2) is 30.3 Å². The average Bonchev–Trinajstić information content (AvgIpc) is 2.26. The summed E-state index contributed by atoms with van der Waals surface area (Å²) in [5.74, 6) is -2.77. The molecule has 98 valence electrons. The highest BCUT2D eigenvalue weighted by Crippen LogP contribution is 2.36. The number of carboxylic acids is 1. The fourth-order valence-corrected chi connectivity index (χ4v) is 2.01. The van der Waals surface area contributed by atoms with Gasteiger partial charge in [0.2, 0.25) is 0 Å². The highest BCUT2D eigenvalue weighted by Gasteiger charge is 2.19. The number of carbonyl (C=O) groups is 1. The van der Waals surface area contributed by atoms with Crippen molar-refractivity contribution < 1.29 is 19.4 Å². The molecule has 6 heteroatoms. The molecule has 0 aliphatic rings. The van der Waals surface area contributed by atoms with Crippen molar-refractivity contribution in [3.05, 3.63) is 46.7 Å². The Morgan fingerprint density at radius 1 is 1.26 bits per heavy atom. The maximum absolute atomic E-state index is 13.8. The molecule has 0 spiro atoms. The van der Waals surface area contributed by atoms with Gasteiger partial charge in [-0.25, -0.2) is 9.18 Å². The maximum Gasteiger partial charge on any atom is 0.339 e. The van der Waals surface area contributed by atoms with E-state index in [9.17, 15) is 14.3 Å². The molecule has 2 rings (SSSR count). The van der Waals surface area contributed by atoms with Crippen molar-refractivity contribution in [2.75, 3.05) is 5.73 Å². The van der Waals surface area contributed by atoms with Crippen LogP contribution in [-0.2, 0) is 0 Å². The van der Waals surface area contributed by atoms with Gasteiger partial charge in [0.1, 0.15) is 17.1 Å². The number of phenols is 1. The van der Waals surface area contributed by atoms with Gasteiger partial charge in [0.15, 0.2) is 0 Å². The number of hydrogen-bond acceptors (Lipinski definition) is 3. The van der Waals surface area contributed by atoms with Gasteiger partial charge in [-0.05, 0) is 35.9 Å². The van der Waals surface area contributed by atoms with Crippen molar-refractivity contribution >= 4 is 23.3 Å². The third-order valence-corrected chi connectivity index (χ3v) is 2.78. The number of aromatic carboxylic acids is 1. The minimum Gasteiger partial charge on any atom is -0.506 e. The first kappa shape index (κ1) is 13.2. The second kappa shape index (κ2) is 4.78. The molecule has 2 aromatic carbocycles. The Kier molecular flexibility index (Phi) is 3.31. The Bertz CT molecular complexity index is 653. The van der Waals surface area contributed by atoms with Crippen molar-refractivity contribution in [3.8, 4) is 16.9 Å². The number of nitrogens with two attached hydrogens (primary N) is 1. The predicted octanol–water partition coefficient (Wildman–Crippen LogP) is 3.13. The van der Waals surface area contributed by atoms with Crippen LogP contribution in [0.5, 0.6) is 5.75 Å². The molecule has 0 amide bonds. The van der Waals surface area contributed by atoms with Crippen LogP contribution in [0.3, 0.4) is 0 Å². The van der Waals surface area contributed by atoms with Crippen molar-refractivity contribution in [2.45, 2.75) is 0 Å². The quantitative estimate of drug-likeness (QED) is 0.739. The van der Waals surface area contributed by atoms with E-state index in [1.807, 2.05) is 0 Å². The van der Waals surface area contributed by atoms with Crippen molar-refractivity contribution in [1.29, 1.82) is 0 Å². The molecule has 19 heavy (non-hydrogen) atoms. The van der Waals surface area contributed by atoms with E-state index in [-0.39, 0.29) is 21.8 Å². The van der Waals surface area contributed by atoms with Gasteiger partial charge in [-0.1, -0.05) is 11.6 Å². The molecular weight excluding hydrogens is 273 g/mol. The standard InChI is InChI=1S/C13H9ClFNO3/c14-7-3-6(4-8(16)5-7)11-10(15)2-1-9(12(11)17)13(18)19/h1-5,17H,16H2,(H,18,19). The lowest BCUT2D eigenvalue weighted by Crippen LogP contribution is -1.99. The molecule has 0 radical (unpaired) electrons. The zero-order valence-corrected chi connectivity index (χ0v) is 10.3. The van der Waals surface area contributed by atoms with Crippen LogP contribution < -0.4 is 5.73 Å². The Morgan fingerprint density at radius 3 is 2.53 bits per heavy atom. The van der Waals surface area contributed by atoms with E-state index in [2.05, 4.69) is 0 Å². The summed E-state index contributed by atoms with van der Waals surface area (Å²) in [6, 6.07) is 6.21. The van der Waals surface area contributed by atoms with E-state index in [1.54, 1.807) is 0 Å². The number of hydrogen-bond donors (Lipinski definition) is 3. The highest BCUT2D eigenvalue weighted by atomic mass is 35.5. The summed E-state index contributed by atoms with van der Waals surface area (Å²) < 4.78 is 13.8. The smallest absolute Gasteiger partial charge is 0.339 e. The van der Waals surface area contributed by atoms with Crippen LogP contribution in [-0.4, -0.2) is 16.2 Å². The van der Waals surface area contributed by atoms with Crippen LogP contribution in [0.2, 0.25) is 5.02 Å². The summed E-state index contributed by atoms with van der Waals surface area (Å²) >= 11 is 5.81. The number of carboxylic acid groups (broad SMARTS) is 1. The topological polar surface area (TPSA) is 83.6 Å². The molecular formula is C13H9ClFNO3. The van der Waals surface area contributed by atoms with E-state index in [1.165, 1.54) is 18.2 Å². The molecule has 2 aromatic rings. The molecule has 4 N–H and O–H groups in total. The minimum absolute atomic E-state index is 0.211. The zero-order chi connectivity index (χ0) is 14.2. The van der Waals surface area contributed by atoms with Gasteiger partial charge in [-0.3, -0.25) is 0 Å². The van der Waals surface area contributed by atoms with Crippen LogP contribution in [0, 0.1) is 5.82 Å². The number of benzene rings is 2. The number of halogens is 2. The Morgan fingerprint density at radius 2 is 1.95 bits per heavy atom. The normalized spacial score (nSPS) is 10.4. The molecule has 0 saturated heterocycles. The molecule has 0 bridgehead atoms. The predicted molar refractivity (Wildman–Crippen MR) is 69.9 cm³/mol. The Labute approximate surface area is 112 Å². The second-order valence-electron chi connectivity index (χ2n) is 3.90.